The zero-order valence-electron chi connectivity index (χ0n) is 16.3. The van der Waals surface area contributed by atoms with Crippen LogP contribution in [0.2, 0.25) is 0 Å². The van der Waals surface area contributed by atoms with E-state index in [1.165, 1.54) is 34.1 Å². The Morgan fingerprint density at radius 2 is 1.82 bits per heavy atom. The molecule has 2 fully saturated rings. The number of nitrogens with zero attached hydrogens (tertiary/aromatic N) is 3. The molecule has 7 nitrogen and oxygen atoms in total. The Bertz CT molecular complexity index is 746. The van der Waals surface area contributed by atoms with E-state index in [9.17, 15) is 18.8 Å². The number of likely N-dealkylation sites (N-methyl/N-ethyl adjacent to an activating group) is 2. The Hall–Kier alpha value is -2.64. The number of rotatable bonds is 6. The van der Waals surface area contributed by atoms with Gasteiger partial charge in [0.2, 0.25) is 5.91 Å². The molecular weight excluding hydrogens is 365 g/mol. The summed E-state index contributed by atoms with van der Waals surface area (Å²) in [7, 11) is 3.25. The third kappa shape index (κ3) is 3.81. The lowest BCUT2D eigenvalue weighted by Gasteiger charge is -2.35. The van der Waals surface area contributed by atoms with Crippen LogP contribution in [-0.2, 0) is 9.59 Å². The van der Waals surface area contributed by atoms with Crippen LogP contribution in [-0.4, -0.2) is 71.9 Å². The van der Waals surface area contributed by atoms with Crippen LogP contribution in [0.5, 0.6) is 5.75 Å². The molecule has 4 amide bonds. The normalized spacial score (nSPS) is 18.7. The second-order valence-electron chi connectivity index (χ2n) is 7.44. The van der Waals surface area contributed by atoms with E-state index in [0.717, 1.165) is 24.2 Å². The largest absolute Gasteiger partial charge is 0.492 e. The van der Waals surface area contributed by atoms with E-state index in [1.807, 2.05) is 0 Å². The van der Waals surface area contributed by atoms with Gasteiger partial charge in [-0.25, -0.2) is 9.18 Å². The Morgan fingerprint density at radius 1 is 1.18 bits per heavy atom. The molecule has 0 bridgehead atoms. The molecule has 1 aromatic carbocycles. The molecule has 0 atom stereocenters. The van der Waals surface area contributed by atoms with Crippen molar-refractivity contribution in [1.29, 1.82) is 0 Å². The topological polar surface area (TPSA) is 70.2 Å². The molecule has 0 radical (unpaired) electrons. The molecule has 3 rings (SSSR count). The van der Waals surface area contributed by atoms with Gasteiger partial charge in [0.05, 0.1) is 6.54 Å². The van der Waals surface area contributed by atoms with Gasteiger partial charge in [-0.1, -0.05) is 19.3 Å². The minimum absolute atomic E-state index is 0.222. The molecule has 8 heteroatoms. The molecular formula is C20H26FN3O4. The molecule has 1 aliphatic heterocycles. The monoisotopic (exact) mass is 391 g/mol. The first-order valence-corrected chi connectivity index (χ1v) is 9.57. The smallest absolute Gasteiger partial charge is 0.327 e. The Morgan fingerprint density at radius 3 is 2.46 bits per heavy atom. The van der Waals surface area contributed by atoms with Gasteiger partial charge >= 0.3 is 6.03 Å². The van der Waals surface area contributed by atoms with E-state index in [0.29, 0.717) is 18.6 Å². The van der Waals surface area contributed by atoms with Crippen molar-refractivity contribution in [1.82, 2.24) is 14.7 Å². The summed E-state index contributed by atoms with van der Waals surface area (Å²) >= 11 is 0. The molecule has 1 spiro atoms. The zero-order valence-corrected chi connectivity index (χ0v) is 16.3. The van der Waals surface area contributed by atoms with Crippen molar-refractivity contribution >= 4 is 17.8 Å². The fourth-order valence-electron chi connectivity index (χ4n) is 3.88. The molecule has 152 valence electrons. The SMILES string of the molecule is CN(CCOc1ccc(F)cc1)C(=O)CN1C(=O)N(C)C2(CCCCC2)C1=O. The van der Waals surface area contributed by atoms with Crippen molar-refractivity contribution in [3.8, 4) is 5.75 Å². The van der Waals surface area contributed by atoms with Gasteiger partial charge in [-0.15, -0.1) is 0 Å². The Balaban J connectivity index is 1.53. The lowest BCUT2D eigenvalue weighted by atomic mass is 9.81. The van der Waals surface area contributed by atoms with Gasteiger partial charge in [-0.05, 0) is 37.1 Å². The fraction of sp³-hybridized carbons (Fsp3) is 0.550. The summed E-state index contributed by atoms with van der Waals surface area (Å²) in [6, 6.07) is 5.21. The lowest BCUT2D eigenvalue weighted by molar-refractivity contribution is -0.140. The van der Waals surface area contributed by atoms with Crippen LogP contribution in [0.25, 0.3) is 0 Å². The third-order valence-electron chi connectivity index (χ3n) is 5.71. The van der Waals surface area contributed by atoms with Crippen molar-refractivity contribution in [3.05, 3.63) is 30.1 Å². The molecule has 28 heavy (non-hydrogen) atoms. The number of carbonyl (C=O) groups excluding carboxylic acids is 3. The average Bonchev–Trinajstić information content (AvgIpc) is 2.86. The second-order valence-corrected chi connectivity index (χ2v) is 7.44. The number of hydrogen-bond acceptors (Lipinski definition) is 4. The number of hydrogen-bond donors (Lipinski definition) is 0. The van der Waals surface area contributed by atoms with Gasteiger partial charge in [0.25, 0.3) is 5.91 Å². The van der Waals surface area contributed by atoms with Crippen molar-refractivity contribution in [2.24, 2.45) is 0 Å². The van der Waals surface area contributed by atoms with Gasteiger partial charge in [0.1, 0.15) is 30.3 Å². The number of urea groups is 1. The highest BCUT2D eigenvalue weighted by molar-refractivity contribution is 6.08. The number of benzene rings is 1. The number of ether oxygens (including phenoxy) is 1. The van der Waals surface area contributed by atoms with Crippen LogP contribution in [0, 0.1) is 5.82 Å². The summed E-state index contributed by atoms with van der Waals surface area (Å²) in [5.41, 5.74) is -0.778. The minimum atomic E-state index is -0.778. The molecule has 0 aromatic heterocycles. The summed E-state index contributed by atoms with van der Waals surface area (Å²) in [5.74, 6) is -0.428. The maximum Gasteiger partial charge on any atom is 0.327 e. The number of halogens is 1. The highest BCUT2D eigenvalue weighted by Gasteiger charge is 2.55. The standard InChI is InChI=1S/C20H26FN3O4/c1-22(12-13-28-16-8-6-15(21)7-9-16)17(25)14-24-18(26)20(23(2)19(24)27)10-4-3-5-11-20/h6-9H,3-5,10-14H2,1-2H3. The quantitative estimate of drug-likeness (QED) is 0.698. The average molecular weight is 391 g/mol. The minimum Gasteiger partial charge on any atom is -0.492 e. The van der Waals surface area contributed by atoms with E-state index in [4.69, 9.17) is 4.74 Å². The van der Waals surface area contributed by atoms with Crippen LogP contribution < -0.4 is 4.74 Å². The fourth-order valence-corrected chi connectivity index (χ4v) is 3.88. The molecule has 1 saturated carbocycles. The molecule has 0 N–H and O–H groups in total. The first kappa shape index (κ1) is 20.1. The summed E-state index contributed by atoms with van der Waals surface area (Å²) in [4.78, 5) is 42.0. The van der Waals surface area contributed by atoms with Gasteiger partial charge in [-0.2, -0.15) is 0 Å². The zero-order chi connectivity index (χ0) is 20.3. The maximum absolute atomic E-state index is 12.9. The molecule has 1 aliphatic carbocycles. The van der Waals surface area contributed by atoms with Crippen LogP contribution in [0.4, 0.5) is 9.18 Å². The van der Waals surface area contributed by atoms with E-state index < -0.39 is 11.6 Å². The summed E-state index contributed by atoms with van der Waals surface area (Å²) in [5, 5.41) is 0. The molecule has 1 aromatic rings. The van der Waals surface area contributed by atoms with Crippen LogP contribution >= 0.6 is 0 Å². The summed E-state index contributed by atoms with van der Waals surface area (Å²) in [6.07, 6.45) is 4.19. The van der Waals surface area contributed by atoms with Crippen molar-refractivity contribution < 1.29 is 23.5 Å². The van der Waals surface area contributed by atoms with Gasteiger partial charge in [-0.3, -0.25) is 14.5 Å². The van der Waals surface area contributed by atoms with Crippen molar-refractivity contribution in [2.75, 3.05) is 33.8 Å². The van der Waals surface area contributed by atoms with E-state index in [2.05, 4.69) is 0 Å². The van der Waals surface area contributed by atoms with Crippen molar-refractivity contribution in [2.45, 2.75) is 37.6 Å². The molecule has 1 heterocycles. The Labute approximate surface area is 164 Å². The first-order valence-electron chi connectivity index (χ1n) is 9.57. The van der Waals surface area contributed by atoms with Crippen LogP contribution in [0.3, 0.4) is 0 Å². The predicted octanol–water partition coefficient (Wildman–Crippen LogP) is 2.26. The van der Waals surface area contributed by atoms with E-state index >= 15 is 0 Å². The Kier molecular flexibility index (Phi) is 5.86. The van der Waals surface area contributed by atoms with Crippen molar-refractivity contribution in [3.63, 3.8) is 0 Å². The van der Waals surface area contributed by atoms with Gasteiger partial charge in [0.15, 0.2) is 0 Å². The summed E-state index contributed by atoms with van der Waals surface area (Å²) in [6.45, 7) is 0.240. The van der Waals surface area contributed by atoms with E-state index in [-0.39, 0.29) is 37.3 Å². The number of amides is 4. The number of carbonyl (C=O) groups is 3. The molecule has 0 unspecified atom stereocenters. The first-order chi connectivity index (χ1) is 13.3. The highest BCUT2D eigenvalue weighted by Crippen LogP contribution is 2.39. The third-order valence-corrected chi connectivity index (χ3v) is 5.71. The van der Waals surface area contributed by atoms with Crippen LogP contribution in [0.1, 0.15) is 32.1 Å². The van der Waals surface area contributed by atoms with E-state index in [1.54, 1.807) is 14.1 Å². The number of imide groups is 1. The van der Waals surface area contributed by atoms with Gasteiger partial charge in [0, 0.05) is 14.1 Å². The summed E-state index contributed by atoms with van der Waals surface area (Å²) < 4.78 is 18.4. The van der Waals surface area contributed by atoms with Crippen LogP contribution in [0.15, 0.2) is 24.3 Å². The molecule has 1 saturated heterocycles. The maximum atomic E-state index is 12.9. The second kappa shape index (κ2) is 8.16. The predicted molar refractivity (Wildman–Crippen MR) is 100 cm³/mol. The highest BCUT2D eigenvalue weighted by atomic mass is 19.1. The molecule has 2 aliphatic rings. The lowest BCUT2D eigenvalue weighted by Crippen LogP contribution is -2.49. The van der Waals surface area contributed by atoms with Gasteiger partial charge < -0.3 is 14.5 Å².